The van der Waals surface area contributed by atoms with Gasteiger partial charge in [-0.2, -0.15) is 0 Å². The minimum atomic E-state index is -0.917. The van der Waals surface area contributed by atoms with Crippen LogP contribution in [-0.4, -0.2) is 67.0 Å². The van der Waals surface area contributed by atoms with E-state index in [1.54, 1.807) is 12.1 Å². The Morgan fingerprint density at radius 2 is 1.85 bits per heavy atom. The van der Waals surface area contributed by atoms with Crippen LogP contribution in [0.3, 0.4) is 0 Å². The van der Waals surface area contributed by atoms with Crippen molar-refractivity contribution in [3.8, 4) is 11.5 Å². The zero-order valence-electron chi connectivity index (χ0n) is 18.9. The highest BCUT2D eigenvalue weighted by Crippen LogP contribution is 2.47. The van der Waals surface area contributed by atoms with E-state index in [1.807, 2.05) is 13.8 Å². The zero-order valence-corrected chi connectivity index (χ0v) is 20.4. The van der Waals surface area contributed by atoms with Crippen molar-refractivity contribution in [3.05, 3.63) is 51.4 Å². The fourth-order valence-electron chi connectivity index (χ4n) is 3.93. The van der Waals surface area contributed by atoms with Crippen LogP contribution in [0.15, 0.2) is 34.5 Å². The third kappa shape index (κ3) is 4.55. The third-order valence-corrected chi connectivity index (χ3v) is 6.32. The summed E-state index contributed by atoms with van der Waals surface area (Å²) in [5.41, 5.74) is -0.0725. The molecule has 178 valence electrons. The SMILES string of the molecule is CCN(CC)CCN1C(=O)C(=O)/C(=C(\O)c2cc(Cl)c(OC)c(Cl)c2OC)C1c1ccco1. The molecular weight excluding hydrogens is 471 g/mol. The molecule has 0 spiro atoms. The summed E-state index contributed by atoms with van der Waals surface area (Å²) < 4.78 is 16.1. The lowest BCUT2D eigenvalue weighted by atomic mass is 9.98. The summed E-state index contributed by atoms with van der Waals surface area (Å²) in [6.45, 7) is 6.46. The van der Waals surface area contributed by atoms with Crippen LogP contribution in [0.5, 0.6) is 11.5 Å². The Morgan fingerprint density at radius 3 is 2.39 bits per heavy atom. The number of halogens is 2. The third-order valence-electron chi connectivity index (χ3n) is 5.70. The predicted octanol–water partition coefficient (Wildman–Crippen LogP) is 4.37. The number of Topliss-reactive ketones (excluding diaryl/α,β-unsaturated/α-hetero) is 1. The molecule has 1 aliphatic heterocycles. The van der Waals surface area contributed by atoms with Crippen LogP contribution in [0, 0.1) is 0 Å². The topological polar surface area (TPSA) is 92.5 Å². The number of carbonyl (C=O) groups excluding carboxylic acids is 2. The number of aliphatic hydroxyl groups is 1. The molecule has 1 atom stereocenters. The molecule has 33 heavy (non-hydrogen) atoms. The van der Waals surface area contributed by atoms with E-state index in [2.05, 4.69) is 4.90 Å². The van der Waals surface area contributed by atoms with Crippen molar-refractivity contribution < 1.29 is 28.6 Å². The molecule has 1 aromatic carbocycles. The average molecular weight is 497 g/mol. The van der Waals surface area contributed by atoms with Crippen LogP contribution in [0.4, 0.5) is 0 Å². The number of hydrogen-bond donors (Lipinski definition) is 1. The zero-order chi connectivity index (χ0) is 24.3. The van der Waals surface area contributed by atoms with Crippen molar-refractivity contribution in [3.63, 3.8) is 0 Å². The molecule has 0 bridgehead atoms. The summed E-state index contributed by atoms with van der Waals surface area (Å²) in [4.78, 5) is 29.7. The lowest BCUT2D eigenvalue weighted by molar-refractivity contribution is -0.140. The molecule has 2 aromatic rings. The molecule has 0 aliphatic carbocycles. The van der Waals surface area contributed by atoms with Crippen LogP contribution >= 0.6 is 23.2 Å². The molecule has 1 N–H and O–H groups in total. The summed E-state index contributed by atoms with van der Waals surface area (Å²) in [6.07, 6.45) is 1.45. The van der Waals surface area contributed by atoms with E-state index in [-0.39, 0.29) is 39.2 Å². The van der Waals surface area contributed by atoms with Gasteiger partial charge in [-0.25, -0.2) is 0 Å². The van der Waals surface area contributed by atoms with Gasteiger partial charge in [0.25, 0.3) is 11.7 Å². The van der Waals surface area contributed by atoms with Crippen LogP contribution in [-0.2, 0) is 9.59 Å². The van der Waals surface area contributed by atoms with Crippen LogP contribution in [0.1, 0.15) is 31.2 Å². The van der Waals surface area contributed by atoms with Gasteiger partial charge < -0.3 is 28.8 Å². The number of furan rings is 1. The summed E-state index contributed by atoms with van der Waals surface area (Å²) in [6, 6.07) is 3.77. The monoisotopic (exact) mass is 496 g/mol. The molecule has 3 rings (SSSR count). The van der Waals surface area contributed by atoms with E-state index in [4.69, 9.17) is 37.1 Å². The molecule has 1 amide bonds. The van der Waals surface area contributed by atoms with Gasteiger partial charge >= 0.3 is 0 Å². The van der Waals surface area contributed by atoms with Crippen molar-refractivity contribution in [2.24, 2.45) is 0 Å². The van der Waals surface area contributed by atoms with E-state index in [0.717, 1.165) is 13.1 Å². The normalized spacial score (nSPS) is 17.8. The van der Waals surface area contributed by atoms with E-state index < -0.39 is 23.5 Å². The maximum absolute atomic E-state index is 13.1. The van der Waals surface area contributed by atoms with Crippen molar-refractivity contribution >= 4 is 40.7 Å². The molecular formula is C23H26Cl2N2O6. The first-order valence-corrected chi connectivity index (χ1v) is 11.2. The second-order valence-electron chi connectivity index (χ2n) is 7.32. The number of hydrogen-bond acceptors (Lipinski definition) is 7. The first-order valence-electron chi connectivity index (χ1n) is 10.4. The first-order chi connectivity index (χ1) is 15.8. The van der Waals surface area contributed by atoms with Crippen molar-refractivity contribution in [1.82, 2.24) is 9.80 Å². The molecule has 2 heterocycles. The Balaban J connectivity index is 2.17. The number of methoxy groups -OCH3 is 2. The van der Waals surface area contributed by atoms with Gasteiger partial charge in [-0.3, -0.25) is 9.59 Å². The maximum Gasteiger partial charge on any atom is 0.295 e. The average Bonchev–Trinajstić information content (AvgIpc) is 3.41. The molecule has 1 saturated heterocycles. The van der Waals surface area contributed by atoms with Crippen LogP contribution in [0.25, 0.3) is 5.76 Å². The van der Waals surface area contributed by atoms with Crippen LogP contribution < -0.4 is 9.47 Å². The van der Waals surface area contributed by atoms with E-state index in [1.165, 1.54) is 31.4 Å². The van der Waals surface area contributed by atoms with E-state index in [9.17, 15) is 14.7 Å². The molecule has 1 unspecified atom stereocenters. The Labute approximate surface area is 202 Å². The fourth-order valence-corrected chi connectivity index (χ4v) is 4.62. The number of rotatable bonds is 9. The smallest absolute Gasteiger partial charge is 0.295 e. The highest BCUT2D eigenvalue weighted by Gasteiger charge is 2.47. The Morgan fingerprint density at radius 1 is 1.18 bits per heavy atom. The number of carbonyl (C=O) groups is 2. The number of benzene rings is 1. The number of ketones is 1. The Hall–Kier alpha value is -2.68. The molecule has 8 nitrogen and oxygen atoms in total. The molecule has 1 fully saturated rings. The first kappa shape index (κ1) is 25.0. The minimum absolute atomic E-state index is 0.0272. The fraction of sp³-hybridized carbons (Fsp3) is 0.391. The van der Waals surface area contributed by atoms with Gasteiger partial charge in [0, 0.05) is 13.1 Å². The molecule has 0 radical (unpaired) electrons. The molecule has 10 heteroatoms. The van der Waals surface area contributed by atoms with Crippen molar-refractivity contribution in [1.29, 1.82) is 0 Å². The summed E-state index contributed by atoms with van der Waals surface area (Å²) in [7, 11) is 2.75. The van der Waals surface area contributed by atoms with Crippen LogP contribution in [0.2, 0.25) is 10.0 Å². The second-order valence-corrected chi connectivity index (χ2v) is 8.11. The summed E-state index contributed by atoms with van der Waals surface area (Å²) >= 11 is 12.6. The minimum Gasteiger partial charge on any atom is -0.507 e. The predicted molar refractivity (Wildman–Crippen MR) is 125 cm³/mol. The number of nitrogens with zero attached hydrogens (tertiary/aromatic N) is 2. The highest BCUT2D eigenvalue weighted by atomic mass is 35.5. The maximum atomic E-state index is 13.1. The van der Waals surface area contributed by atoms with Gasteiger partial charge in [0.15, 0.2) is 11.5 Å². The van der Waals surface area contributed by atoms with E-state index >= 15 is 0 Å². The van der Waals surface area contributed by atoms with Gasteiger partial charge in [0.2, 0.25) is 0 Å². The van der Waals surface area contributed by atoms with Crippen molar-refractivity contribution in [2.45, 2.75) is 19.9 Å². The lowest BCUT2D eigenvalue weighted by Crippen LogP contribution is -2.37. The summed E-state index contributed by atoms with van der Waals surface area (Å²) in [5.74, 6) is -1.46. The van der Waals surface area contributed by atoms with E-state index in [0.29, 0.717) is 12.3 Å². The summed E-state index contributed by atoms with van der Waals surface area (Å²) in [5, 5.41) is 11.4. The second kappa shape index (κ2) is 10.5. The number of likely N-dealkylation sites (N-methyl/N-ethyl adjacent to an activating group) is 1. The number of amides is 1. The number of ether oxygens (including phenoxy) is 2. The highest BCUT2D eigenvalue weighted by molar-refractivity contribution is 6.47. The Bertz CT molecular complexity index is 1060. The van der Waals surface area contributed by atoms with Gasteiger partial charge in [0.1, 0.15) is 22.6 Å². The Kier molecular flexibility index (Phi) is 7.94. The van der Waals surface area contributed by atoms with Gasteiger partial charge in [-0.15, -0.1) is 0 Å². The largest absolute Gasteiger partial charge is 0.507 e. The standard InChI is InChI=1S/C23H26Cl2N2O6/c1-5-26(6-2)9-10-27-18(15-8-7-11-33-15)16(20(29)23(27)30)19(28)13-12-14(24)22(32-4)17(25)21(13)31-3/h7-8,11-12,18,28H,5-6,9-10H2,1-4H3/b19-16-. The molecule has 0 saturated carbocycles. The lowest BCUT2D eigenvalue weighted by Gasteiger charge is -2.26. The molecule has 1 aromatic heterocycles. The van der Waals surface area contributed by atoms with Gasteiger partial charge in [-0.05, 0) is 31.3 Å². The van der Waals surface area contributed by atoms with Gasteiger partial charge in [-0.1, -0.05) is 37.0 Å². The molecule has 1 aliphatic rings. The quantitative estimate of drug-likeness (QED) is 0.313. The van der Waals surface area contributed by atoms with Crippen molar-refractivity contribution in [2.75, 3.05) is 40.4 Å². The number of likely N-dealkylation sites (tertiary alicyclic amines) is 1. The van der Waals surface area contributed by atoms with Gasteiger partial charge in [0.05, 0.1) is 36.6 Å². The number of aliphatic hydroxyl groups excluding tert-OH is 1.